The van der Waals surface area contributed by atoms with E-state index >= 15 is 0 Å². The Morgan fingerprint density at radius 1 is 1.33 bits per heavy atom. The number of carbonyl (C=O) groups excluding carboxylic acids is 1. The summed E-state index contributed by atoms with van der Waals surface area (Å²) in [5, 5.41) is 6.22. The highest BCUT2D eigenvalue weighted by atomic mass is 16.6. The Balaban J connectivity index is 1.47. The third-order valence-corrected chi connectivity index (χ3v) is 4.25. The van der Waals surface area contributed by atoms with Gasteiger partial charge in [-0.05, 0) is 43.1 Å². The molecule has 2 aliphatic rings. The van der Waals surface area contributed by atoms with Gasteiger partial charge < -0.3 is 20.1 Å². The zero-order valence-corrected chi connectivity index (χ0v) is 12.4. The van der Waals surface area contributed by atoms with Crippen molar-refractivity contribution in [3.8, 4) is 11.5 Å². The van der Waals surface area contributed by atoms with Crippen LogP contribution in [-0.2, 0) is 11.2 Å². The van der Waals surface area contributed by atoms with Gasteiger partial charge in [0.1, 0.15) is 13.2 Å². The lowest BCUT2D eigenvalue weighted by Crippen LogP contribution is -2.49. The number of hydrogen-bond acceptors (Lipinski definition) is 4. The highest BCUT2D eigenvalue weighted by molar-refractivity contribution is 5.78. The summed E-state index contributed by atoms with van der Waals surface area (Å²) in [7, 11) is 0. The van der Waals surface area contributed by atoms with Crippen molar-refractivity contribution in [3.63, 3.8) is 0 Å². The fourth-order valence-corrected chi connectivity index (χ4v) is 2.61. The molecular formula is C16H22N2O3. The lowest BCUT2D eigenvalue weighted by Gasteiger charge is -2.31. The summed E-state index contributed by atoms with van der Waals surface area (Å²) < 4.78 is 11.1. The second kappa shape index (κ2) is 6.35. The van der Waals surface area contributed by atoms with Gasteiger partial charge in [0.15, 0.2) is 11.5 Å². The van der Waals surface area contributed by atoms with E-state index in [-0.39, 0.29) is 11.8 Å². The maximum atomic E-state index is 12.0. The van der Waals surface area contributed by atoms with Crippen molar-refractivity contribution in [3.05, 3.63) is 23.8 Å². The van der Waals surface area contributed by atoms with Crippen LogP contribution in [0, 0.1) is 11.8 Å². The molecule has 0 radical (unpaired) electrons. The van der Waals surface area contributed by atoms with E-state index in [1.807, 2.05) is 25.1 Å². The number of benzene rings is 1. The summed E-state index contributed by atoms with van der Waals surface area (Å²) in [6, 6.07) is 5.97. The first kappa shape index (κ1) is 14.2. The molecule has 1 aromatic rings. The molecule has 0 aromatic heterocycles. The van der Waals surface area contributed by atoms with E-state index in [1.54, 1.807) is 0 Å². The van der Waals surface area contributed by atoms with Crippen LogP contribution in [0.15, 0.2) is 18.2 Å². The minimum atomic E-state index is 0.0894. The maximum Gasteiger partial charge on any atom is 0.223 e. The average Bonchev–Trinajstić information content (AvgIpc) is 2.45. The fraction of sp³-hybridized carbons (Fsp3) is 0.562. The van der Waals surface area contributed by atoms with Crippen molar-refractivity contribution in [1.82, 2.24) is 10.6 Å². The van der Waals surface area contributed by atoms with Crippen LogP contribution in [0.4, 0.5) is 0 Å². The molecule has 1 unspecified atom stereocenters. The Morgan fingerprint density at radius 3 is 2.81 bits per heavy atom. The van der Waals surface area contributed by atoms with E-state index in [0.717, 1.165) is 36.6 Å². The average molecular weight is 290 g/mol. The summed E-state index contributed by atoms with van der Waals surface area (Å²) >= 11 is 0. The Morgan fingerprint density at radius 2 is 2.10 bits per heavy atom. The smallest absolute Gasteiger partial charge is 0.223 e. The van der Waals surface area contributed by atoms with Crippen molar-refractivity contribution in [2.75, 3.05) is 32.8 Å². The molecule has 2 heterocycles. The topological polar surface area (TPSA) is 59.6 Å². The molecule has 0 aliphatic carbocycles. The van der Waals surface area contributed by atoms with Crippen LogP contribution in [0.5, 0.6) is 11.5 Å². The lowest BCUT2D eigenvalue weighted by atomic mass is 9.88. The predicted octanol–water partition coefficient (Wildman–Crippen LogP) is 0.972. The maximum absolute atomic E-state index is 12.0. The number of fused-ring (bicyclic) bond motifs is 1. The van der Waals surface area contributed by atoms with Crippen molar-refractivity contribution in [2.45, 2.75) is 13.3 Å². The Hall–Kier alpha value is -1.75. The van der Waals surface area contributed by atoms with Gasteiger partial charge in [0.2, 0.25) is 5.91 Å². The summed E-state index contributed by atoms with van der Waals surface area (Å²) in [6.45, 7) is 5.78. The molecule has 0 bridgehead atoms. The number of rotatable bonds is 5. The second-order valence-corrected chi connectivity index (χ2v) is 5.73. The molecule has 2 aliphatic heterocycles. The van der Waals surface area contributed by atoms with Crippen LogP contribution < -0.4 is 20.1 Å². The van der Waals surface area contributed by atoms with Gasteiger partial charge in [0, 0.05) is 12.5 Å². The molecule has 1 amide bonds. The van der Waals surface area contributed by atoms with Gasteiger partial charge in [-0.25, -0.2) is 0 Å². The van der Waals surface area contributed by atoms with Gasteiger partial charge in [0.05, 0.1) is 0 Å². The molecule has 114 valence electrons. The van der Waals surface area contributed by atoms with Gasteiger partial charge in [0.25, 0.3) is 0 Å². The summed E-state index contributed by atoms with van der Waals surface area (Å²) in [5.41, 5.74) is 1.15. The van der Waals surface area contributed by atoms with Crippen LogP contribution in [0.25, 0.3) is 0 Å². The first-order chi connectivity index (χ1) is 10.2. The lowest BCUT2D eigenvalue weighted by molar-refractivity contribution is -0.126. The first-order valence-corrected chi connectivity index (χ1v) is 7.61. The van der Waals surface area contributed by atoms with Crippen molar-refractivity contribution in [1.29, 1.82) is 0 Å². The highest BCUT2D eigenvalue weighted by Gasteiger charge is 2.28. The monoisotopic (exact) mass is 290 g/mol. The normalized spacial score (nSPS) is 18.7. The van der Waals surface area contributed by atoms with E-state index in [0.29, 0.717) is 25.7 Å². The van der Waals surface area contributed by atoms with E-state index in [4.69, 9.17) is 9.47 Å². The molecule has 3 rings (SSSR count). The molecule has 21 heavy (non-hydrogen) atoms. The van der Waals surface area contributed by atoms with Gasteiger partial charge in [-0.3, -0.25) is 4.79 Å². The number of carbonyl (C=O) groups is 1. The molecule has 1 aromatic carbocycles. The van der Waals surface area contributed by atoms with Crippen LogP contribution in [-0.4, -0.2) is 38.8 Å². The minimum Gasteiger partial charge on any atom is -0.486 e. The number of ether oxygens (including phenoxy) is 2. The van der Waals surface area contributed by atoms with Gasteiger partial charge >= 0.3 is 0 Å². The van der Waals surface area contributed by atoms with Gasteiger partial charge in [-0.15, -0.1) is 0 Å². The van der Waals surface area contributed by atoms with Crippen LogP contribution in [0.3, 0.4) is 0 Å². The van der Waals surface area contributed by atoms with Crippen molar-refractivity contribution >= 4 is 5.91 Å². The largest absolute Gasteiger partial charge is 0.486 e. The zero-order chi connectivity index (χ0) is 14.7. The van der Waals surface area contributed by atoms with Gasteiger partial charge in [-0.2, -0.15) is 0 Å². The molecule has 5 heteroatoms. The fourth-order valence-electron chi connectivity index (χ4n) is 2.61. The molecule has 5 nitrogen and oxygen atoms in total. The van der Waals surface area contributed by atoms with E-state index < -0.39 is 0 Å². The number of amides is 1. The molecule has 2 N–H and O–H groups in total. The van der Waals surface area contributed by atoms with Crippen molar-refractivity contribution in [2.24, 2.45) is 11.8 Å². The van der Waals surface area contributed by atoms with Crippen molar-refractivity contribution < 1.29 is 14.3 Å². The Labute approximate surface area is 125 Å². The zero-order valence-electron chi connectivity index (χ0n) is 12.4. The first-order valence-electron chi connectivity index (χ1n) is 7.61. The second-order valence-electron chi connectivity index (χ2n) is 5.73. The van der Waals surface area contributed by atoms with Gasteiger partial charge in [-0.1, -0.05) is 13.0 Å². The summed E-state index contributed by atoms with van der Waals surface area (Å²) in [4.78, 5) is 12.0. The molecule has 0 spiro atoms. The standard InChI is InChI=1S/C16H22N2O3/c1-11(13-9-17-10-13)16(19)18-5-4-12-2-3-14-15(8-12)21-7-6-20-14/h2-3,8,11,13,17H,4-7,9-10H2,1H3,(H,18,19). The molecule has 0 saturated carbocycles. The van der Waals surface area contributed by atoms with Crippen LogP contribution in [0.1, 0.15) is 12.5 Å². The third kappa shape index (κ3) is 3.29. The van der Waals surface area contributed by atoms with E-state index in [2.05, 4.69) is 10.6 Å². The SMILES string of the molecule is CC(C(=O)NCCc1ccc2c(c1)OCCO2)C1CNC1. The molecule has 1 fully saturated rings. The van der Waals surface area contributed by atoms with Crippen LogP contribution in [0.2, 0.25) is 0 Å². The summed E-state index contributed by atoms with van der Waals surface area (Å²) in [5.74, 6) is 2.34. The quantitative estimate of drug-likeness (QED) is 0.848. The van der Waals surface area contributed by atoms with Crippen LogP contribution >= 0.6 is 0 Å². The van der Waals surface area contributed by atoms with E-state index in [9.17, 15) is 4.79 Å². The Kier molecular flexibility index (Phi) is 4.29. The number of hydrogen-bond donors (Lipinski definition) is 2. The summed E-state index contributed by atoms with van der Waals surface area (Å²) in [6.07, 6.45) is 0.804. The Bertz CT molecular complexity index is 514. The third-order valence-electron chi connectivity index (χ3n) is 4.25. The van der Waals surface area contributed by atoms with E-state index in [1.165, 1.54) is 0 Å². The molecule has 1 atom stereocenters. The predicted molar refractivity (Wildman–Crippen MR) is 79.7 cm³/mol. The molecular weight excluding hydrogens is 268 g/mol. The number of nitrogens with one attached hydrogen (secondary N) is 2. The molecule has 1 saturated heterocycles. The highest BCUT2D eigenvalue weighted by Crippen LogP contribution is 2.30. The minimum absolute atomic E-state index is 0.0894.